The van der Waals surface area contributed by atoms with Crippen molar-refractivity contribution in [3.05, 3.63) is 44.7 Å². The first-order valence-corrected chi connectivity index (χ1v) is 7.53. The zero-order chi connectivity index (χ0) is 14.5. The molecule has 0 saturated heterocycles. The smallest absolute Gasteiger partial charge is 0.251 e. The van der Waals surface area contributed by atoms with Crippen LogP contribution in [0.2, 0.25) is 5.15 Å². The van der Waals surface area contributed by atoms with Crippen LogP contribution in [-0.2, 0) is 6.54 Å². The quantitative estimate of drug-likeness (QED) is 0.832. The first kappa shape index (κ1) is 14.8. The number of hydrogen-bond donors (Lipinski definition) is 2. The summed E-state index contributed by atoms with van der Waals surface area (Å²) < 4.78 is 0. The van der Waals surface area contributed by atoms with Gasteiger partial charge in [-0.15, -0.1) is 11.3 Å². The number of nitrogens with zero attached hydrogens (tertiary/aromatic N) is 1. The Kier molecular flexibility index (Phi) is 4.98. The third kappa shape index (κ3) is 3.95. The number of hydrogen-bond acceptors (Lipinski definition) is 4. The van der Waals surface area contributed by atoms with E-state index in [1.165, 1.54) is 4.88 Å². The molecule has 1 amide bonds. The molecule has 0 saturated carbocycles. The molecule has 0 spiro atoms. The van der Waals surface area contributed by atoms with Gasteiger partial charge in [-0.3, -0.25) is 4.79 Å². The lowest BCUT2D eigenvalue weighted by Crippen LogP contribution is -2.22. The van der Waals surface area contributed by atoms with Crippen molar-refractivity contribution in [2.75, 3.05) is 11.9 Å². The Morgan fingerprint density at radius 3 is 2.85 bits per heavy atom. The number of thiophene rings is 1. The van der Waals surface area contributed by atoms with Gasteiger partial charge in [-0.05, 0) is 38.1 Å². The van der Waals surface area contributed by atoms with Crippen LogP contribution in [0.4, 0.5) is 5.82 Å². The fourth-order valence-electron chi connectivity index (χ4n) is 1.75. The first-order chi connectivity index (χ1) is 9.58. The van der Waals surface area contributed by atoms with Gasteiger partial charge in [0.05, 0.1) is 6.54 Å². The highest BCUT2D eigenvalue weighted by Gasteiger charge is 2.09. The van der Waals surface area contributed by atoms with Gasteiger partial charge in [0.15, 0.2) is 0 Å². The van der Waals surface area contributed by atoms with Crippen molar-refractivity contribution in [2.45, 2.75) is 20.4 Å². The number of carbonyl (C=O) groups is 1. The van der Waals surface area contributed by atoms with E-state index in [0.29, 0.717) is 23.1 Å². The molecule has 0 bridgehead atoms. The summed E-state index contributed by atoms with van der Waals surface area (Å²) in [7, 11) is 0. The third-order valence-electron chi connectivity index (χ3n) is 2.63. The van der Waals surface area contributed by atoms with E-state index in [-0.39, 0.29) is 5.91 Å². The van der Waals surface area contributed by atoms with Crippen LogP contribution >= 0.6 is 22.9 Å². The molecule has 20 heavy (non-hydrogen) atoms. The molecule has 2 rings (SSSR count). The molecule has 0 unspecified atom stereocenters. The van der Waals surface area contributed by atoms with E-state index in [2.05, 4.69) is 15.6 Å². The van der Waals surface area contributed by atoms with Gasteiger partial charge in [-0.1, -0.05) is 11.6 Å². The summed E-state index contributed by atoms with van der Waals surface area (Å²) in [6.07, 6.45) is 0. The van der Waals surface area contributed by atoms with Gasteiger partial charge in [0.25, 0.3) is 5.91 Å². The molecule has 0 aliphatic rings. The SMILES string of the molecule is CCNc1cc(C(=O)NCc2ccc(C)s2)cc(Cl)n1. The van der Waals surface area contributed by atoms with Crippen molar-refractivity contribution < 1.29 is 4.79 Å². The minimum atomic E-state index is -0.153. The molecule has 0 fully saturated rings. The zero-order valence-corrected chi connectivity index (χ0v) is 12.9. The van der Waals surface area contributed by atoms with Crippen LogP contribution in [-0.4, -0.2) is 17.4 Å². The normalized spacial score (nSPS) is 10.3. The molecule has 6 heteroatoms. The second-order valence-electron chi connectivity index (χ2n) is 4.29. The predicted octanol–water partition coefficient (Wildman–Crippen LogP) is 3.47. The van der Waals surface area contributed by atoms with Crippen LogP contribution in [0.15, 0.2) is 24.3 Å². The van der Waals surface area contributed by atoms with Crippen LogP contribution in [0.5, 0.6) is 0 Å². The summed E-state index contributed by atoms with van der Waals surface area (Å²) >= 11 is 7.60. The highest BCUT2D eigenvalue weighted by Crippen LogP contribution is 2.16. The molecule has 2 aromatic heterocycles. The number of anilines is 1. The number of aryl methyl sites for hydroxylation is 1. The standard InChI is InChI=1S/C14H16ClN3OS/c1-3-16-13-7-10(6-12(15)18-13)14(19)17-8-11-5-4-9(2)20-11/h4-7H,3,8H2,1-2H3,(H,16,18)(H,17,19). The van der Waals surface area contributed by atoms with Gasteiger partial charge in [-0.25, -0.2) is 4.98 Å². The second kappa shape index (κ2) is 6.72. The van der Waals surface area contributed by atoms with E-state index < -0.39 is 0 Å². The minimum Gasteiger partial charge on any atom is -0.370 e. The summed E-state index contributed by atoms with van der Waals surface area (Å²) in [6, 6.07) is 7.32. The molecular formula is C14H16ClN3OS. The van der Waals surface area contributed by atoms with Crippen LogP contribution < -0.4 is 10.6 Å². The van der Waals surface area contributed by atoms with Crippen molar-refractivity contribution in [3.8, 4) is 0 Å². The molecule has 2 aromatic rings. The highest BCUT2D eigenvalue weighted by atomic mass is 35.5. The second-order valence-corrected chi connectivity index (χ2v) is 6.05. The summed E-state index contributed by atoms with van der Waals surface area (Å²) in [6.45, 7) is 5.25. The maximum atomic E-state index is 12.1. The maximum absolute atomic E-state index is 12.1. The Bertz CT molecular complexity index is 612. The zero-order valence-electron chi connectivity index (χ0n) is 11.4. The monoisotopic (exact) mass is 309 g/mol. The number of halogens is 1. The van der Waals surface area contributed by atoms with E-state index in [0.717, 1.165) is 11.4 Å². The average Bonchev–Trinajstić information content (AvgIpc) is 2.81. The van der Waals surface area contributed by atoms with E-state index in [9.17, 15) is 4.79 Å². The summed E-state index contributed by atoms with van der Waals surface area (Å²) in [5.74, 6) is 0.455. The van der Waals surface area contributed by atoms with E-state index >= 15 is 0 Å². The number of carbonyl (C=O) groups excluding carboxylic acids is 1. The fourth-order valence-corrected chi connectivity index (χ4v) is 2.79. The highest BCUT2D eigenvalue weighted by molar-refractivity contribution is 7.11. The van der Waals surface area contributed by atoms with Gasteiger partial charge < -0.3 is 10.6 Å². The molecular weight excluding hydrogens is 294 g/mol. The van der Waals surface area contributed by atoms with Crippen LogP contribution in [0.3, 0.4) is 0 Å². The third-order valence-corrected chi connectivity index (χ3v) is 3.83. The number of nitrogens with one attached hydrogen (secondary N) is 2. The molecule has 0 aliphatic heterocycles. The molecule has 0 atom stereocenters. The maximum Gasteiger partial charge on any atom is 0.251 e. The predicted molar refractivity (Wildman–Crippen MR) is 83.6 cm³/mol. The largest absolute Gasteiger partial charge is 0.370 e. The molecule has 106 valence electrons. The number of aromatic nitrogens is 1. The summed E-state index contributed by atoms with van der Waals surface area (Å²) in [4.78, 5) is 18.6. The first-order valence-electron chi connectivity index (χ1n) is 6.33. The van der Waals surface area contributed by atoms with Crippen molar-refractivity contribution in [1.29, 1.82) is 0 Å². The van der Waals surface area contributed by atoms with Gasteiger partial charge in [0, 0.05) is 21.9 Å². The fraction of sp³-hybridized carbons (Fsp3) is 0.286. The Hall–Kier alpha value is -1.59. The topological polar surface area (TPSA) is 54.0 Å². The van der Waals surface area contributed by atoms with Crippen LogP contribution in [0.25, 0.3) is 0 Å². The lowest BCUT2D eigenvalue weighted by atomic mass is 10.2. The molecule has 2 heterocycles. The minimum absolute atomic E-state index is 0.153. The lowest BCUT2D eigenvalue weighted by molar-refractivity contribution is 0.0951. The average molecular weight is 310 g/mol. The summed E-state index contributed by atoms with van der Waals surface area (Å²) in [5, 5.41) is 6.24. The number of rotatable bonds is 5. The Balaban J connectivity index is 2.04. The number of amides is 1. The van der Waals surface area contributed by atoms with Gasteiger partial charge in [0.1, 0.15) is 11.0 Å². The Morgan fingerprint density at radius 1 is 1.40 bits per heavy atom. The van der Waals surface area contributed by atoms with Crippen LogP contribution in [0.1, 0.15) is 27.0 Å². The van der Waals surface area contributed by atoms with E-state index in [4.69, 9.17) is 11.6 Å². The van der Waals surface area contributed by atoms with Crippen molar-refractivity contribution in [2.24, 2.45) is 0 Å². The van der Waals surface area contributed by atoms with Crippen molar-refractivity contribution in [1.82, 2.24) is 10.3 Å². The Labute approximate surface area is 127 Å². The van der Waals surface area contributed by atoms with Gasteiger partial charge in [0.2, 0.25) is 0 Å². The van der Waals surface area contributed by atoms with Gasteiger partial charge in [-0.2, -0.15) is 0 Å². The number of pyridine rings is 1. The van der Waals surface area contributed by atoms with E-state index in [1.807, 2.05) is 26.0 Å². The van der Waals surface area contributed by atoms with Gasteiger partial charge >= 0.3 is 0 Å². The van der Waals surface area contributed by atoms with Crippen LogP contribution in [0, 0.1) is 6.92 Å². The van der Waals surface area contributed by atoms with E-state index in [1.54, 1.807) is 23.5 Å². The van der Waals surface area contributed by atoms with Crippen molar-refractivity contribution in [3.63, 3.8) is 0 Å². The molecule has 4 nitrogen and oxygen atoms in total. The summed E-state index contributed by atoms with van der Waals surface area (Å²) in [5.41, 5.74) is 0.509. The molecule has 2 N–H and O–H groups in total. The molecule has 0 aliphatic carbocycles. The molecule has 0 aromatic carbocycles. The Morgan fingerprint density at radius 2 is 2.20 bits per heavy atom. The molecule has 0 radical (unpaired) electrons. The lowest BCUT2D eigenvalue weighted by Gasteiger charge is -2.07. The van der Waals surface area contributed by atoms with Crippen molar-refractivity contribution >= 4 is 34.7 Å².